The molecule has 1 aromatic carbocycles. The highest BCUT2D eigenvalue weighted by Gasteiger charge is 2.17. The van der Waals surface area contributed by atoms with Gasteiger partial charge in [-0.2, -0.15) is 5.10 Å². The molecule has 25 heavy (non-hydrogen) atoms. The Morgan fingerprint density at radius 2 is 2.08 bits per heavy atom. The van der Waals surface area contributed by atoms with Crippen LogP contribution in [0.2, 0.25) is 0 Å². The summed E-state index contributed by atoms with van der Waals surface area (Å²) in [6, 6.07) is 6.49. The number of urea groups is 1. The summed E-state index contributed by atoms with van der Waals surface area (Å²) >= 11 is 0. The molecule has 0 saturated heterocycles. The zero-order chi connectivity index (χ0) is 17.8. The normalized spacial score (nSPS) is 14.4. The maximum absolute atomic E-state index is 12.2. The third kappa shape index (κ3) is 4.39. The Balaban J connectivity index is 1.50. The molecule has 3 rings (SSSR count). The number of nitrogens with zero attached hydrogens (tertiary/aromatic N) is 3. The molecule has 0 fully saturated rings. The Morgan fingerprint density at radius 3 is 2.80 bits per heavy atom. The molecule has 2 amide bonds. The van der Waals surface area contributed by atoms with Crippen LogP contribution < -0.4 is 10.6 Å². The van der Waals surface area contributed by atoms with Gasteiger partial charge in [0.15, 0.2) is 0 Å². The highest BCUT2D eigenvalue weighted by atomic mass is 16.2. The second kappa shape index (κ2) is 7.70. The molecule has 1 aliphatic carbocycles. The van der Waals surface area contributed by atoms with Crippen LogP contribution in [-0.2, 0) is 26.4 Å². The van der Waals surface area contributed by atoms with Gasteiger partial charge in [0.25, 0.3) is 0 Å². The van der Waals surface area contributed by atoms with Crippen molar-refractivity contribution in [3.8, 4) is 0 Å². The number of aromatic nitrogens is 2. The summed E-state index contributed by atoms with van der Waals surface area (Å²) in [6.45, 7) is 1.09. The Kier molecular flexibility index (Phi) is 5.38. The second-order valence-electron chi connectivity index (χ2n) is 6.95. The summed E-state index contributed by atoms with van der Waals surface area (Å²) < 4.78 is 1.78. The zero-order valence-electron chi connectivity index (χ0n) is 15.2. The molecule has 0 bridgehead atoms. The summed E-state index contributed by atoms with van der Waals surface area (Å²) in [5.41, 5.74) is 5.14. The molecule has 0 spiro atoms. The lowest BCUT2D eigenvalue weighted by atomic mass is 10.1. The predicted molar refractivity (Wildman–Crippen MR) is 98.3 cm³/mol. The first-order valence-electron chi connectivity index (χ1n) is 8.80. The number of hydrogen-bond acceptors (Lipinski definition) is 3. The van der Waals surface area contributed by atoms with E-state index in [0.717, 1.165) is 17.5 Å². The topological polar surface area (TPSA) is 62.2 Å². The smallest absolute Gasteiger partial charge is 0.315 e. The predicted octanol–water partition coefficient (Wildman–Crippen LogP) is 2.01. The van der Waals surface area contributed by atoms with E-state index >= 15 is 0 Å². The van der Waals surface area contributed by atoms with Gasteiger partial charge in [-0.3, -0.25) is 4.68 Å². The van der Waals surface area contributed by atoms with Crippen molar-refractivity contribution in [2.45, 2.75) is 31.8 Å². The molecular formula is C19H27N5O. The van der Waals surface area contributed by atoms with E-state index in [1.807, 2.05) is 33.5 Å². The number of nitrogens with one attached hydrogen (secondary N) is 2. The van der Waals surface area contributed by atoms with Crippen molar-refractivity contribution in [3.63, 3.8) is 0 Å². The number of carbonyl (C=O) groups is 1. The van der Waals surface area contributed by atoms with Crippen LogP contribution >= 0.6 is 0 Å². The first-order chi connectivity index (χ1) is 12.0. The monoisotopic (exact) mass is 341 g/mol. The quantitative estimate of drug-likeness (QED) is 0.845. The van der Waals surface area contributed by atoms with E-state index < -0.39 is 0 Å². The van der Waals surface area contributed by atoms with Crippen LogP contribution in [0.25, 0.3) is 0 Å². The fourth-order valence-corrected chi connectivity index (χ4v) is 3.38. The van der Waals surface area contributed by atoms with Crippen molar-refractivity contribution >= 4 is 6.03 Å². The third-order valence-electron chi connectivity index (χ3n) is 4.80. The van der Waals surface area contributed by atoms with Crippen molar-refractivity contribution in [1.29, 1.82) is 0 Å². The average molecular weight is 341 g/mol. The van der Waals surface area contributed by atoms with E-state index in [-0.39, 0.29) is 12.1 Å². The fourth-order valence-electron chi connectivity index (χ4n) is 3.38. The SMILES string of the molecule is CN(C)[C@@H](CNC(=O)NCc1ccc2c(c1)CCC2)c1cnn(C)c1. The van der Waals surface area contributed by atoms with Gasteiger partial charge in [0.2, 0.25) is 0 Å². The molecular weight excluding hydrogens is 314 g/mol. The van der Waals surface area contributed by atoms with Crippen molar-refractivity contribution in [3.05, 3.63) is 52.8 Å². The number of hydrogen-bond donors (Lipinski definition) is 2. The molecule has 0 radical (unpaired) electrons. The fraction of sp³-hybridized carbons (Fsp3) is 0.474. The molecule has 0 saturated carbocycles. The van der Waals surface area contributed by atoms with E-state index in [1.54, 1.807) is 4.68 Å². The van der Waals surface area contributed by atoms with Crippen LogP contribution in [0.3, 0.4) is 0 Å². The van der Waals surface area contributed by atoms with Crippen molar-refractivity contribution in [2.24, 2.45) is 7.05 Å². The summed E-state index contributed by atoms with van der Waals surface area (Å²) in [5, 5.41) is 10.1. The highest BCUT2D eigenvalue weighted by molar-refractivity contribution is 5.73. The number of rotatable bonds is 6. The minimum absolute atomic E-state index is 0.0967. The molecule has 1 heterocycles. The Bertz CT molecular complexity index is 737. The van der Waals surface area contributed by atoms with Gasteiger partial charge in [-0.15, -0.1) is 0 Å². The van der Waals surface area contributed by atoms with Crippen molar-refractivity contribution in [1.82, 2.24) is 25.3 Å². The minimum atomic E-state index is -0.142. The van der Waals surface area contributed by atoms with Gasteiger partial charge in [0.05, 0.1) is 12.2 Å². The van der Waals surface area contributed by atoms with E-state index in [2.05, 4.69) is 38.8 Å². The highest BCUT2D eigenvalue weighted by Crippen LogP contribution is 2.22. The molecule has 1 atom stereocenters. The summed E-state index contributed by atoms with van der Waals surface area (Å²) in [4.78, 5) is 14.2. The lowest BCUT2D eigenvalue weighted by molar-refractivity contribution is 0.232. The lowest BCUT2D eigenvalue weighted by Gasteiger charge is -2.23. The second-order valence-corrected chi connectivity index (χ2v) is 6.95. The largest absolute Gasteiger partial charge is 0.336 e. The average Bonchev–Trinajstić information content (AvgIpc) is 3.21. The van der Waals surface area contributed by atoms with Crippen molar-refractivity contribution < 1.29 is 4.79 Å². The van der Waals surface area contributed by atoms with Crippen LogP contribution in [0.1, 0.15) is 34.7 Å². The molecule has 6 nitrogen and oxygen atoms in total. The summed E-state index contributed by atoms with van der Waals surface area (Å²) in [6.07, 6.45) is 7.41. The van der Waals surface area contributed by atoms with E-state index in [9.17, 15) is 4.79 Å². The molecule has 1 aromatic heterocycles. The molecule has 0 aliphatic heterocycles. The summed E-state index contributed by atoms with van der Waals surface area (Å²) in [7, 11) is 5.90. The molecule has 0 unspecified atom stereocenters. The van der Waals surface area contributed by atoms with Gasteiger partial charge in [-0.25, -0.2) is 4.79 Å². The molecule has 134 valence electrons. The molecule has 1 aliphatic rings. The van der Waals surface area contributed by atoms with Crippen LogP contribution in [-0.4, -0.2) is 41.4 Å². The van der Waals surface area contributed by atoms with Gasteiger partial charge < -0.3 is 15.5 Å². The van der Waals surface area contributed by atoms with Gasteiger partial charge in [0, 0.05) is 31.9 Å². The van der Waals surface area contributed by atoms with Crippen LogP contribution in [0.5, 0.6) is 0 Å². The van der Waals surface area contributed by atoms with E-state index in [1.165, 1.54) is 24.0 Å². The number of benzene rings is 1. The number of carbonyl (C=O) groups excluding carboxylic acids is 1. The van der Waals surface area contributed by atoms with Gasteiger partial charge in [0.1, 0.15) is 0 Å². The van der Waals surface area contributed by atoms with Crippen LogP contribution in [0, 0.1) is 0 Å². The number of amides is 2. The molecule has 2 aromatic rings. The maximum Gasteiger partial charge on any atom is 0.315 e. The van der Waals surface area contributed by atoms with E-state index in [4.69, 9.17) is 0 Å². The van der Waals surface area contributed by atoms with Crippen molar-refractivity contribution in [2.75, 3.05) is 20.6 Å². The standard InChI is InChI=1S/C19H27N5O/c1-23(2)18(17-11-22-24(3)13-17)12-21-19(25)20-10-14-7-8-15-5-4-6-16(15)9-14/h7-9,11,13,18H,4-6,10,12H2,1-3H3,(H2,20,21,25)/t18-/m0/s1. The zero-order valence-corrected chi connectivity index (χ0v) is 15.2. The molecule has 6 heteroatoms. The maximum atomic E-state index is 12.2. The number of likely N-dealkylation sites (N-methyl/N-ethyl adjacent to an activating group) is 1. The Morgan fingerprint density at radius 1 is 1.28 bits per heavy atom. The third-order valence-corrected chi connectivity index (χ3v) is 4.80. The minimum Gasteiger partial charge on any atom is -0.336 e. The number of fused-ring (bicyclic) bond motifs is 1. The van der Waals surface area contributed by atoms with Gasteiger partial charge in [-0.1, -0.05) is 18.2 Å². The molecule has 2 N–H and O–H groups in total. The van der Waals surface area contributed by atoms with E-state index in [0.29, 0.717) is 13.1 Å². The lowest BCUT2D eigenvalue weighted by Crippen LogP contribution is -2.40. The Hall–Kier alpha value is -2.34. The van der Waals surface area contributed by atoms with Gasteiger partial charge in [-0.05, 0) is 50.0 Å². The number of aryl methyl sites for hydroxylation is 3. The summed E-state index contributed by atoms with van der Waals surface area (Å²) in [5.74, 6) is 0. The Labute approximate surface area is 149 Å². The van der Waals surface area contributed by atoms with Crippen LogP contribution in [0.15, 0.2) is 30.6 Å². The van der Waals surface area contributed by atoms with Gasteiger partial charge >= 0.3 is 6.03 Å². The van der Waals surface area contributed by atoms with Crippen LogP contribution in [0.4, 0.5) is 4.79 Å². The first-order valence-corrected chi connectivity index (χ1v) is 8.80. The first kappa shape index (κ1) is 17.5.